The number of nitrogens with two attached hydrogens (primary N) is 1. The van der Waals surface area contributed by atoms with Gasteiger partial charge in [0.1, 0.15) is 0 Å². The van der Waals surface area contributed by atoms with Gasteiger partial charge in [-0.1, -0.05) is 13.8 Å². The number of nitrogens with zero attached hydrogens (tertiary/aromatic N) is 1. The summed E-state index contributed by atoms with van der Waals surface area (Å²) < 4.78 is 10.8. The third-order valence-corrected chi connectivity index (χ3v) is 4.31. The molecule has 130 valence electrons. The van der Waals surface area contributed by atoms with E-state index in [1.54, 1.807) is 25.3 Å². The maximum Gasteiger partial charge on any atom is 0.254 e. The number of piperidine rings is 1. The number of amides is 1. The van der Waals surface area contributed by atoms with Crippen LogP contribution in [0.15, 0.2) is 18.2 Å². The molecule has 0 bridgehead atoms. The van der Waals surface area contributed by atoms with Crippen LogP contribution in [0.3, 0.4) is 0 Å². The average molecular weight is 343 g/mol. The van der Waals surface area contributed by atoms with Gasteiger partial charge in [0.2, 0.25) is 0 Å². The molecule has 0 saturated carbocycles. The van der Waals surface area contributed by atoms with Crippen molar-refractivity contribution < 1.29 is 14.3 Å². The first-order chi connectivity index (χ1) is 10.4. The highest BCUT2D eigenvalue weighted by Crippen LogP contribution is 2.31. The van der Waals surface area contributed by atoms with E-state index in [0.29, 0.717) is 36.8 Å². The quantitative estimate of drug-likeness (QED) is 0.913. The Morgan fingerprint density at radius 3 is 2.65 bits per heavy atom. The van der Waals surface area contributed by atoms with Crippen LogP contribution in [-0.2, 0) is 0 Å². The van der Waals surface area contributed by atoms with Crippen LogP contribution < -0.4 is 15.2 Å². The zero-order chi connectivity index (χ0) is 16.3. The number of carbonyl (C=O) groups is 1. The molecule has 1 saturated heterocycles. The summed E-state index contributed by atoms with van der Waals surface area (Å²) in [4.78, 5) is 14.6. The van der Waals surface area contributed by atoms with Gasteiger partial charge in [-0.2, -0.15) is 0 Å². The van der Waals surface area contributed by atoms with E-state index in [9.17, 15) is 4.79 Å². The van der Waals surface area contributed by atoms with Crippen molar-refractivity contribution in [3.05, 3.63) is 23.8 Å². The second-order valence-electron chi connectivity index (χ2n) is 6.41. The van der Waals surface area contributed by atoms with E-state index in [-0.39, 0.29) is 29.8 Å². The number of benzene rings is 1. The maximum atomic E-state index is 12.7. The van der Waals surface area contributed by atoms with Gasteiger partial charge in [-0.05, 0) is 37.0 Å². The molecule has 23 heavy (non-hydrogen) atoms. The van der Waals surface area contributed by atoms with Crippen molar-refractivity contribution in [1.82, 2.24) is 4.90 Å². The third-order valence-electron chi connectivity index (χ3n) is 4.31. The predicted octanol–water partition coefficient (Wildman–Crippen LogP) is 2.72. The normalized spacial score (nSPS) is 19.7. The molecular formula is C17H27ClN2O3. The Labute approximate surface area is 144 Å². The lowest BCUT2D eigenvalue weighted by atomic mass is 9.79. The van der Waals surface area contributed by atoms with E-state index in [1.165, 1.54) is 0 Å². The summed E-state index contributed by atoms with van der Waals surface area (Å²) in [5, 5.41) is 0. The molecule has 1 fully saturated rings. The van der Waals surface area contributed by atoms with Crippen molar-refractivity contribution in [2.75, 3.05) is 26.8 Å². The molecule has 1 aromatic rings. The molecule has 1 atom stereocenters. The van der Waals surface area contributed by atoms with Gasteiger partial charge in [-0.25, -0.2) is 0 Å². The molecule has 1 aliphatic rings. The van der Waals surface area contributed by atoms with Gasteiger partial charge in [0, 0.05) is 24.7 Å². The summed E-state index contributed by atoms with van der Waals surface area (Å²) in [6.45, 7) is 8.05. The van der Waals surface area contributed by atoms with Crippen LogP contribution in [0.4, 0.5) is 0 Å². The highest BCUT2D eigenvalue weighted by molar-refractivity contribution is 5.95. The molecule has 0 aromatic heterocycles. The van der Waals surface area contributed by atoms with E-state index in [0.717, 1.165) is 6.42 Å². The molecule has 0 aliphatic carbocycles. The van der Waals surface area contributed by atoms with Gasteiger partial charge in [0.25, 0.3) is 5.91 Å². The van der Waals surface area contributed by atoms with Crippen LogP contribution in [0, 0.1) is 5.41 Å². The van der Waals surface area contributed by atoms with Crippen molar-refractivity contribution >= 4 is 18.3 Å². The highest BCUT2D eigenvalue weighted by Gasteiger charge is 2.35. The van der Waals surface area contributed by atoms with Gasteiger partial charge >= 0.3 is 0 Å². The molecule has 6 heteroatoms. The lowest BCUT2D eigenvalue weighted by molar-refractivity contribution is 0.0532. The number of ether oxygens (including phenoxy) is 2. The van der Waals surface area contributed by atoms with Gasteiger partial charge in [-0.15, -0.1) is 12.4 Å². The van der Waals surface area contributed by atoms with Crippen molar-refractivity contribution in [2.45, 2.75) is 33.2 Å². The fourth-order valence-corrected chi connectivity index (χ4v) is 2.81. The summed E-state index contributed by atoms with van der Waals surface area (Å²) in [7, 11) is 1.58. The minimum Gasteiger partial charge on any atom is -0.493 e. The lowest BCUT2D eigenvalue weighted by Crippen LogP contribution is -2.53. The average Bonchev–Trinajstić information content (AvgIpc) is 2.50. The smallest absolute Gasteiger partial charge is 0.254 e. The van der Waals surface area contributed by atoms with E-state index in [1.807, 2.05) is 11.8 Å². The van der Waals surface area contributed by atoms with E-state index in [2.05, 4.69) is 13.8 Å². The van der Waals surface area contributed by atoms with Crippen LogP contribution in [0.1, 0.15) is 37.6 Å². The Balaban J connectivity index is 0.00000264. The molecule has 2 N–H and O–H groups in total. The Morgan fingerprint density at radius 1 is 1.39 bits per heavy atom. The van der Waals surface area contributed by atoms with Crippen molar-refractivity contribution in [3.8, 4) is 11.5 Å². The number of likely N-dealkylation sites (tertiary alicyclic amines) is 1. The molecule has 5 nitrogen and oxygen atoms in total. The summed E-state index contributed by atoms with van der Waals surface area (Å²) in [5.41, 5.74) is 6.69. The van der Waals surface area contributed by atoms with Crippen molar-refractivity contribution in [2.24, 2.45) is 11.1 Å². The fourth-order valence-electron chi connectivity index (χ4n) is 2.81. The maximum absolute atomic E-state index is 12.7. The first-order valence-corrected chi connectivity index (χ1v) is 7.74. The molecule has 1 aliphatic heterocycles. The molecule has 1 heterocycles. The molecule has 1 amide bonds. The number of methoxy groups -OCH3 is 1. The van der Waals surface area contributed by atoms with Gasteiger partial charge in [0.15, 0.2) is 11.5 Å². The second-order valence-corrected chi connectivity index (χ2v) is 6.41. The predicted molar refractivity (Wildman–Crippen MR) is 93.7 cm³/mol. The van der Waals surface area contributed by atoms with Crippen LogP contribution >= 0.6 is 12.4 Å². The van der Waals surface area contributed by atoms with Crippen molar-refractivity contribution in [1.29, 1.82) is 0 Å². The van der Waals surface area contributed by atoms with Gasteiger partial charge in [0.05, 0.1) is 13.7 Å². The van der Waals surface area contributed by atoms with Crippen molar-refractivity contribution in [3.63, 3.8) is 0 Å². The van der Waals surface area contributed by atoms with Crippen LogP contribution in [-0.4, -0.2) is 43.7 Å². The number of hydrogen-bond acceptors (Lipinski definition) is 4. The van der Waals surface area contributed by atoms with Crippen LogP contribution in [0.2, 0.25) is 0 Å². The number of rotatable bonds is 4. The summed E-state index contributed by atoms with van der Waals surface area (Å²) in [6, 6.07) is 5.45. The third kappa shape index (κ3) is 4.30. The Bertz CT molecular complexity index is 549. The zero-order valence-corrected chi connectivity index (χ0v) is 15.1. The largest absolute Gasteiger partial charge is 0.493 e. The molecule has 0 spiro atoms. The molecule has 1 unspecified atom stereocenters. The number of hydrogen-bond donors (Lipinski definition) is 1. The summed E-state index contributed by atoms with van der Waals surface area (Å²) in [5.74, 6) is 1.25. The molecule has 0 radical (unpaired) electrons. The summed E-state index contributed by atoms with van der Waals surface area (Å²) in [6.07, 6.45) is 0.826. The number of halogens is 1. The Hall–Kier alpha value is -1.46. The lowest BCUT2D eigenvalue weighted by Gasteiger charge is -2.42. The monoisotopic (exact) mass is 342 g/mol. The minimum atomic E-state index is -0.0662. The highest BCUT2D eigenvalue weighted by atomic mass is 35.5. The standard InChI is InChI=1S/C17H26N2O3.ClH/c1-5-22-13-7-6-12(10-14(13)21-4)16(20)19-9-8-15(18)17(2,3)11-19;/h6-7,10,15H,5,8-9,11,18H2,1-4H3;1H. The van der Waals surface area contributed by atoms with Gasteiger partial charge < -0.3 is 20.1 Å². The molecule has 2 rings (SSSR count). The van der Waals surface area contributed by atoms with E-state index >= 15 is 0 Å². The van der Waals surface area contributed by atoms with Crippen LogP contribution in [0.25, 0.3) is 0 Å². The van der Waals surface area contributed by atoms with Gasteiger partial charge in [-0.3, -0.25) is 4.79 Å². The Kier molecular flexibility index (Phi) is 6.71. The van der Waals surface area contributed by atoms with Crippen LogP contribution in [0.5, 0.6) is 11.5 Å². The minimum absolute atomic E-state index is 0. The molecular weight excluding hydrogens is 316 g/mol. The zero-order valence-electron chi connectivity index (χ0n) is 14.3. The fraction of sp³-hybridized carbons (Fsp3) is 0.588. The topological polar surface area (TPSA) is 64.8 Å². The van der Waals surface area contributed by atoms with E-state index in [4.69, 9.17) is 15.2 Å². The summed E-state index contributed by atoms with van der Waals surface area (Å²) >= 11 is 0. The number of carbonyl (C=O) groups excluding carboxylic acids is 1. The SMILES string of the molecule is CCOc1ccc(C(=O)N2CCC(N)C(C)(C)C2)cc1OC.Cl. The second kappa shape index (κ2) is 7.88. The first kappa shape index (κ1) is 19.6. The first-order valence-electron chi connectivity index (χ1n) is 7.74. The molecule has 1 aromatic carbocycles. The van der Waals surface area contributed by atoms with E-state index < -0.39 is 0 Å². The Morgan fingerprint density at radius 2 is 2.09 bits per heavy atom.